The van der Waals surface area contributed by atoms with Crippen LogP contribution < -0.4 is 58.9 Å². The van der Waals surface area contributed by atoms with Crippen LogP contribution in [0.1, 0.15) is 125 Å². The average Bonchev–Trinajstić information content (AvgIpc) is 1.52. The highest BCUT2D eigenvalue weighted by atomic mass is 35.5. The summed E-state index contributed by atoms with van der Waals surface area (Å²) >= 11 is 6.46. The maximum absolute atomic E-state index is 13.3. The number of amides is 9. The highest BCUT2D eigenvalue weighted by molar-refractivity contribution is 6.31. The van der Waals surface area contributed by atoms with Gasteiger partial charge in [0.2, 0.25) is 35.3 Å². The lowest BCUT2D eigenvalue weighted by molar-refractivity contribution is -0.133. The minimum atomic E-state index is -0.626. The fourth-order valence-corrected chi connectivity index (χ4v) is 12.6. The maximum Gasteiger partial charge on any atom is 0.291 e. The highest BCUT2D eigenvalue weighted by Gasteiger charge is 2.29. The lowest BCUT2D eigenvalue weighted by Crippen LogP contribution is -2.36. The van der Waals surface area contributed by atoms with Gasteiger partial charge in [0.05, 0.1) is 135 Å². The molecule has 36 nitrogen and oxygen atoms in total. The second-order valence-corrected chi connectivity index (χ2v) is 29.5. The third kappa shape index (κ3) is 31.0. The van der Waals surface area contributed by atoms with Crippen molar-refractivity contribution in [2.45, 2.75) is 84.3 Å². The SMILES string of the molecule is CC(=O)N1CCCc2c1ccc(-c1ccc(C(=O)NCCOCCOCCOCCOCCOCCOCCOCCOCCNC(=O)c3cc(NC(=O)c4nc(NC(=O)CCNC(=O)c5cc(NC(=O)c6nc(NC(=O)CCNC(=O)COC(C)(C)CCOC(C)(C)CCN)cn6C)cn5C)cn4C)cn3C)cc1)c2-c1cc(Cl)ccc1N. The van der Waals surface area contributed by atoms with E-state index in [9.17, 15) is 43.2 Å². The van der Waals surface area contributed by atoms with E-state index >= 15 is 0 Å². The molecular weight excluding hydrogens is 1560 g/mol. The van der Waals surface area contributed by atoms with Crippen molar-refractivity contribution in [2.75, 3.05) is 190 Å². The standard InChI is InChI=1S/C82H114ClN17O19/c1-55(101)100-29-10-11-62-65(100)19-17-61(73(62)63-47-58(83)16-18-64(63)85)56-12-14-57(15-13-56)76(105)88-27-31-110-33-35-112-37-39-114-41-43-116-45-46-117-44-42-115-40-38-113-36-34-111-32-28-89-78(107)67-49-60(51-97(67)7)91-80(109)75-95-69(53-99(75)9)93-71(103)21-26-87-77(106)66-48-59(50-96(66)6)90-79(108)74-94-68(52-98(74)8)92-70(102)20-25-86-72(104)54-119-82(4,5)23-30-118-81(2,3)22-24-84/h12-19,47-53H,10-11,20-46,54,84-85H2,1-9H3,(H,86,104)(H,87,106)(H,88,105)(H,89,107)(H,90,108)(H,91,109)(H,92,102)(H,93,103). The molecule has 4 aromatic heterocycles. The van der Waals surface area contributed by atoms with Gasteiger partial charge in [-0.2, -0.15) is 0 Å². The molecule has 7 aromatic rings. The third-order valence-electron chi connectivity index (χ3n) is 18.7. The van der Waals surface area contributed by atoms with Crippen LogP contribution in [0.25, 0.3) is 22.3 Å². The molecule has 0 radical (unpaired) electrons. The number of carbonyl (C=O) groups is 9. The molecular formula is C82H114ClN17O19. The van der Waals surface area contributed by atoms with E-state index in [1.165, 1.54) is 44.4 Å². The molecule has 0 saturated heterocycles. The smallest absolute Gasteiger partial charge is 0.291 e. The van der Waals surface area contributed by atoms with Crippen molar-refractivity contribution in [3.8, 4) is 22.3 Å². The zero-order chi connectivity index (χ0) is 85.9. The predicted molar refractivity (Wildman–Crippen MR) is 448 cm³/mol. The number of nitrogens with zero attached hydrogens (tertiary/aromatic N) is 7. The summed E-state index contributed by atoms with van der Waals surface area (Å²) in [6.07, 6.45) is 8.64. The lowest BCUT2D eigenvalue weighted by atomic mass is 9.85. The van der Waals surface area contributed by atoms with E-state index in [-0.39, 0.29) is 109 Å². The van der Waals surface area contributed by atoms with Crippen molar-refractivity contribution in [3.63, 3.8) is 0 Å². The fraction of sp³-hybridized carbons (Fsp3) is 0.500. The van der Waals surface area contributed by atoms with Gasteiger partial charge in [0, 0.05) is 133 Å². The Bertz CT molecular complexity index is 4520. The molecule has 0 bridgehead atoms. The van der Waals surface area contributed by atoms with Crippen molar-refractivity contribution in [3.05, 3.63) is 131 Å². The first-order chi connectivity index (χ1) is 57.1. The number of fused-ring (bicyclic) bond motifs is 1. The summed E-state index contributed by atoms with van der Waals surface area (Å²) in [6, 6.07) is 19.7. The number of nitrogens with two attached hydrogens (primary N) is 2. The quantitative estimate of drug-likeness (QED) is 0.0154. The number of nitrogen functional groups attached to an aromatic ring is 1. The number of aryl methyl sites for hydroxylation is 4. The zero-order valence-electron chi connectivity index (χ0n) is 69.3. The Kier molecular flexibility index (Phi) is 37.9. The maximum atomic E-state index is 13.3. The molecule has 0 atom stereocenters. The Hall–Kier alpha value is -10.5. The normalized spacial score (nSPS) is 12.1. The van der Waals surface area contributed by atoms with Gasteiger partial charge in [0.25, 0.3) is 29.5 Å². The summed E-state index contributed by atoms with van der Waals surface area (Å²) in [6.45, 7) is 17.0. The lowest BCUT2D eigenvalue weighted by Gasteiger charge is -2.31. The summed E-state index contributed by atoms with van der Waals surface area (Å²) < 4.78 is 62.3. The minimum Gasteiger partial charge on any atom is -0.398 e. The van der Waals surface area contributed by atoms with E-state index in [4.69, 9.17) is 70.4 Å². The number of carbonyl (C=O) groups excluding carboxylic acids is 9. The van der Waals surface area contributed by atoms with Gasteiger partial charge in [-0.1, -0.05) is 29.8 Å². The van der Waals surface area contributed by atoms with Gasteiger partial charge in [0.1, 0.15) is 18.0 Å². The van der Waals surface area contributed by atoms with Gasteiger partial charge < -0.3 is 125 Å². The van der Waals surface area contributed by atoms with Crippen LogP contribution in [0, 0.1) is 0 Å². The van der Waals surface area contributed by atoms with Crippen molar-refractivity contribution >= 4 is 99.2 Å². The van der Waals surface area contributed by atoms with Crippen LogP contribution in [0.4, 0.5) is 34.4 Å². The van der Waals surface area contributed by atoms with E-state index in [0.717, 1.165) is 46.3 Å². The number of imidazole rings is 2. The molecule has 0 aliphatic carbocycles. The Morgan fingerprint density at radius 1 is 0.471 bits per heavy atom. The second-order valence-electron chi connectivity index (χ2n) is 29.1. The highest BCUT2D eigenvalue weighted by Crippen LogP contribution is 2.45. The molecule has 12 N–H and O–H groups in total. The number of nitrogens with one attached hydrogen (secondary N) is 8. The Labute approximate surface area is 697 Å². The van der Waals surface area contributed by atoms with Crippen LogP contribution in [0.2, 0.25) is 5.02 Å². The molecule has 119 heavy (non-hydrogen) atoms. The van der Waals surface area contributed by atoms with Gasteiger partial charge in [-0.05, 0) is 131 Å². The van der Waals surface area contributed by atoms with Gasteiger partial charge >= 0.3 is 0 Å². The van der Waals surface area contributed by atoms with E-state index in [0.29, 0.717) is 160 Å². The number of hydrogen-bond acceptors (Lipinski definition) is 23. The first kappa shape index (κ1) is 94.0. The molecule has 0 unspecified atom stereocenters. The Morgan fingerprint density at radius 2 is 0.924 bits per heavy atom. The number of aromatic nitrogens is 6. The number of ether oxygens (including phenoxy) is 10. The fourth-order valence-electron chi connectivity index (χ4n) is 12.5. The number of benzene rings is 3. The zero-order valence-corrected chi connectivity index (χ0v) is 70.0. The van der Waals surface area contributed by atoms with Crippen molar-refractivity contribution in [1.29, 1.82) is 0 Å². The molecule has 8 rings (SSSR count). The average molecular weight is 1680 g/mol. The Morgan fingerprint density at radius 3 is 1.40 bits per heavy atom. The molecule has 0 spiro atoms. The second kappa shape index (κ2) is 47.9. The number of halogens is 1. The first-order valence-electron chi connectivity index (χ1n) is 39.5. The number of anilines is 6. The van der Waals surface area contributed by atoms with Crippen LogP contribution in [0.15, 0.2) is 91.5 Å². The molecule has 3 aromatic carbocycles. The first-order valence-corrected chi connectivity index (χ1v) is 39.9. The third-order valence-corrected chi connectivity index (χ3v) is 18.9. The Balaban J connectivity index is 0.576. The van der Waals surface area contributed by atoms with Crippen molar-refractivity contribution < 1.29 is 90.5 Å². The van der Waals surface area contributed by atoms with E-state index in [1.54, 1.807) is 75.0 Å². The van der Waals surface area contributed by atoms with E-state index < -0.39 is 41.0 Å². The van der Waals surface area contributed by atoms with Crippen LogP contribution in [0.3, 0.4) is 0 Å². The molecule has 5 heterocycles. The summed E-state index contributed by atoms with van der Waals surface area (Å²) in [5.74, 6) is -3.60. The molecule has 648 valence electrons. The van der Waals surface area contributed by atoms with Crippen LogP contribution in [-0.2, 0) is 101 Å². The molecule has 37 heteroatoms. The predicted octanol–water partition coefficient (Wildman–Crippen LogP) is 6.03. The molecule has 0 saturated carbocycles. The number of hydrogen-bond donors (Lipinski definition) is 10. The molecule has 9 amide bonds. The van der Waals surface area contributed by atoms with Gasteiger partial charge in [-0.3, -0.25) is 43.2 Å². The van der Waals surface area contributed by atoms with E-state index in [1.807, 2.05) is 58.0 Å². The molecule has 1 aliphatic rings. The topological polar surface area (TPSA) is 443 Å². The van der Waals surface area contributed by atoms with Gasteiger partial charge in [-0.25, -0.2) is 9.97 Å². The summed E-state index contributed by atoms with van der Waals surface area (Å²) in [5, 5.41) is 22.3. The van der Waals surface area contributed by atoms with Crippen molar-refractivity contribution in [1.82, 2.24) is 49.5 Å². The van der Waals surface area contributed by atoms with Gasteiger partial charge in [-0.15, -0.1) is 0 Å². The number of rotatable bonds is 53. The van der Waals surface area contributed by atoms with E-state index in [2.05, 4.69) is 52.5 Å². The van der Waals surface area contributed by atoms with Crippen LogP contribution in [-0.4, -0.2) is 251 Å². The van der Waals surface area contributed by atoms with Gasteiger partial charge in [0.15, 0.2) is 11.6 Å². The van der Waals surface area contributed by atoms with Crippen LogP contribution >= 0.6 is 11.6 Å². The monoisotopic (exact) mass is 1680 g/mol. The summed E-state index contributed by atoms with van der Waals surface area (Å²) in [4.78, 5) is 127. The van der Waals surface area contributed by atoms with Crippen LogP contribution in [0.5, 0.6) is 0 Å². The summed E-state index contributed by atoms with van der Waals surface area (Å²) in [5.41, 5.74) is 18.8. The van der Waals surface area contributed by atoms with Crippen molar-refractivity contribution in [2.24, 2.45) is 33.9 Å². The largest absolute Gasteiger partial charge is 0.398 e. The molecule has 1 aliphatic heterocycles. The minimum absolute atomic E-state index is 0.0178. The molecule has 0 fully saturated rings. The summed E-state index contributed by atoms with van der Waals surface area (Å²) in [7, 11) is 6.41.